The van der Waals surface area contributed by atoms with E-state index in [1.807, 2.05) is 31.2 Å². The first-order chi connectivity index (χ1) is 15.3. The molecule has 9 heteroatoms. The van der Waals surface area contributed by atoms with Crippen LogP contribution in [0.1, 0.15) is 42.2 Å². The van der Waals surface area contributed by atoms with E-state index in [0.717, 1.165) is 37.6 Å². The summed E-state index contributed by atoms with van der Waals surface area (Å²) in [5.41, 5.74) is 2.54. The summed E-state index contributed by atoms with van der Waals surface area (Å²) in [6, 6.07) is 13.5. The van der Waals surface area contributed by atoms with Crippen molar-refractivity contribution in [1.29, 1.82) is 0 Å². The lowest BCUT2D eigenvalue weighted by atomic mass is 10.1. The number of morpholine rings is 1. The van der Waals surface area contributed by atoms with Crippen molar-refractivity contribution in [2.45, 2.75) is 31.2 Å². The molecule has 0 spiro atoms. The third-order valence-electron chi connectivity index (χ3n) is 5.36. The molecule has 8 nitrogen and oxygen atoms in total. The van der Waals surface area contributed by atoms with Gasteiger partial charge in [0, 0.05) is 37.3 Å². The first-order valence-electron chi connectivity index (χ1n) is 10.6. The maximum atomic E-state index is 12.4. The molecule has 0 aromatic heterocycles. The minimum absolute atomic E-state index is 0.0148. The van der Waals surface area contributed by atoms with Crippen LogP contribution in [0, 0.1) is 0 Å². The molecule has 1 heterocycles. The predicted octanol–water partition coefficient (Wildman–Crippen LogP) is 2.27. The molecule has 0 bridgehead atoms. The molecular formula is C23H29N3O5S. The van der Waals surface area contributed by atoms with Crippen LogP contribution in [-0.2, 0) is 19.6 Å². The van der Waals surface area contributed by atoms with Gasteiger partial charge in [0.25, 0.3) is 0 Å². The predicted molar refractivity (Wildman–Crippen MR) is 122 cm³/mol. The van der Waals surface area contributed by atoms with Crippen molar-refractivity contribution in [3.8, 4) is 0 Å². The van der Waals surface area contributed by atoms with Crippen LogP contribution < -0.4 is 14.9 Å². The number of anilines is 1. The maximum absolute atomic E-state index is 12.4. The largest absolute Gasteiger partial charge is 0.378 e. The van der Waals surface area contributed by atoms with Crippen LogP contribution >= 0.6 is 0 Å². The number of carbonyl (C=O) groups excluding carboxylic acids is 2. The summed E-state index contributed by atoms with van der Waals surface area (Å²) >= 11 is 0. The SMILES string of the molecule is CC(=O)c1ccc(S(=O)(=O)NCCC(=O)NC(C)c2ccc(N3CCOCC3)cc2)cc1. The van der Waals surface area contributed by atoms with Crippen molar-refractivity contribution < 1.29 is 22.7 Å². The summed E-state index contributed by atoms with van der Waals surface area (Å²) in [6.07, 6.45) is 0.0148. The second kappa shape index (κ2) is 10.7. The van der Waals surface area contributed by atoms with Crippen LogP contribution in [0.15, 0.2) is 53.4 Å². The van der Waals surface area contributed by atoms with Gasteiger partial charge in [0.05, 0.1) is 24.2 Å². The van der Waals surface area contributed by atoms with Crippen molar-refractivity contribution in [2.24, 2.45) is 0 Å². The number of hydrogen-bond donors (Lipinski definition) is 2. The minimum Gasteiger partial charge on any atom is -0.378 e. The number of Topliss-reactive ketones (excluding diaryl/α,β-unsaturated/α-hetero) is 1. The first kappa shape index (κ1) is 23.9. The Kier molecular flexibility index (Phi) is 8.00. The molecule has 1 saturated heterocycles. The number of ketones is 1. The van der Waals surface area contributed by atoms with Crippen LogP contribution in [0.25, 0.3) is 0 Å². The Hall–Kier alpha value is -2.75. The second-order valence-corrected chi connectivity index (χ2v) is 9.48. The van der Waals surface area contributed by atoms with Crippen molar-refractivity contribution in [2.75, 3.05) is 37.7 Å². The van der Waals surface area contributed by atoms with Gasteiger partial charge in [0.2, 0.25) is 15.9 Å². The zero-order valence-corrected chi connectivity index (χ0v) is 19.2. The Morgan fingerprint density at radius 3 is 2.25 bits per heavy atom. The number of hydrogen-bond acceptors (Lipinski definition) is 6. The second-order valence-electron chi connectivity index (χ2n) is 7.71. The summed E-state index contributed by atoms with van der Waals surface area (Å²) in [5.74, 6) is -0.382. The van der Waals surface area contributed by atoms with Crippen molar-refractivity contribution in [3.05, 3.63) is 59.7 Å². The van der Waals surface area contributed by atoms with E-state index in [2.05, 4.69) is 14.9 Å². The van der Waals surface area contributed by atoms with E-state index in [1.165, 1.54) is 31.2 Å². The fourth-order valence-corrected chi connectivity index (χ4v) is 4.48. The molecule has 1 atom stereocenters. The molecule has 1 amide bonds. The number of amides is 1. The van der Waals surface area contributed by atoms with Gasteiger partial charge in [0.1, 0.15) is 0 Å². The topological polar surface area (TPSA) is 105 Å². The fraction of sp³-hybridized carbons (Fsp3) is 0.391. The van der Waals surface area contributed by atoms with Gasteiger partial charge in [-0.05, 0) is 43.7 Å². The summed E-state index contributed by atoms with van der Waals surface area (Å²) in [5, 5.41) is 2.90. The van der Waals surface area contributed by atoms with Crippen LogP contribution in [0.5, 0.6) is 0 Å². The van der Waals surface area contributed by atoms with Gasteiger partial charge < -0.3 is 15.0 Å². The Morgan fingerprint density at radius 2 is 1.66 bits per heavy atom. The van der Waals surface area contributed by atoms with Gasteiger partial charge in [0.15, 0.2) is 5.78 Å². The number of carbonyl (C=O) groups is 2. The van der Waals surface area contributed by atoms with Crippen LogP contribution in [0.4, 0.5) is 5.69 Å². The molecular weight excluding hydrogens is 430 g/mol. The number of nitrogens with zero attached hydrogens (tertiary/aromatic N) is 1. The van der Waals surface area contributed by atoms with Gasteiger partial charge in [-0.2, -0.15) is 0 Å². The molecule has 1 fully saturated rings. The average Bonchev–Trinajstić information content (AvgIpc) is 2.79. The number of ether oxygens (including phenoxy) is 1. The van der Waals surface area contributed by atoms with E-state index in [0.29, 0.717) is 5.56 Å². The lowest BCUT2D eigenvalue weighted by molar-refractivity contribution is -0.121. The highest BCUT2D eigenvalue weighted by molar-refractivity contribution is 7.89. The first-order valence-corrected chi connectivity index (χ1v) is 12.1. The fourth-order valence-electron chi connectivity index (χ4n) is 3.44. The maximum Gasteiger partial charge on any atom is 0.240 e. The molecule has 0 saturated carbocycles. The van der Waals surface area contributed by atoms with Gasteiger partial charge in [-0.25, -0.2) is 13.1 Å². The van der Waals surface area contributed by atoms with Crippen molar-refractivity contribution in [3.63, 3.8) is 0 Å². The standard InChI is InChI=1S/C23H29N3O5S/c1-17(19-3-7-21(8-4-19)26-13-15-31-16-14-26)25-23(28)11-12-24-32(29,30)22-9-5-20(6-10-22)18(2)27/h3-10,17,24H,11-16H2,1-2H3,(H,25,28). The van der Waals surface area contributed by atoms with Crippen LogP contribution in [0.3, 0.4) is 0 Å². The number of benzene rings is 2. The van der Waals surface area contributed by atoms with E-state index >= 15 is 0 Å². The quantitative estimate of drug-likeness (QED) is 0.558. The molecule has 1 unspecified atom stereocenters. The van der Waals surface area contributed by atoms with E-state index in [1.54, 1.807) is 0 Å². The molecule has 0 radical (unpaired) electrons. The summed E-state index contributed by atoms with van der Waals surface area (Å²) in [7, 11) is -3.75. The van der Waals surface area contributed by atoms with E-state index < -0.39 is 10.0 Å². The molecule has 172 valence electrons. The van der Waals surface area contributed by atoms with Gasteiger partial charge in [-0.3, -0.25) is 9.59 Å². The Morgan fingerprint density at radius 1 is 1.03 bits per heavy atom. The molecule has 3 rings (SSSR count). The number of nitrogens with one attached hydrogen (secondary N) is 2. The van der Waals surface area contributed by atoms with Crippen LogP contribution in [-0.4, -0.2) is 53.0 Å². The molecule has 2 N–H and O–H groups in total. The highest BCUT2D eigenvalue weighted by Crippen LogP contribution is 2.20. The highest BCUT2D eigenvalue weighted by atomic mass is 32.2. The number of rotatable bonds is 9. The Balaban J connectivity index is 1.47. The van der Waals surface area contributed by atoms with Gasteiger partial charge >= 0.3 is 0 Å². The molecule has 1 aliphatic heterocycles. The Labute approximate surface area is 189 Å². The number of sulfonamides is 1. The summed E-state index contributed by atoms with van der Waals surface area (Å²) in [4.78, 5) is 25.9. The lowest BCUT2D eigenvalue weighted by Crippen LogP contribution is -2.36. The lowest BCUT2D eigenvalue weighted by Gasteiger charge is -2.29. The van der Waals surface area contributed by atoms with Crippen molar-refractivity contribution in [1.82, 2.24) is 10.0 Å². The van der Waals surface area contributed by atoms with E-state index in [-0.39, 0.29) is 35.6 Å². The van der Waals surface area contributed by atoms with E-state index in [9.17, 15) is 18.0 Å². The smallest absolute Gasteiger partial charge is 0.240 e. The van der Waals surface area contributed by atoms with Crippen LogP contribution in [0.2, 0.25) is 0 Å². The molecule has 2 aromatic rings. The highest BCUT2D eigenvalue weighted by Gasteiger charge is 2.16. The molecule has 0 aliphatic carbocycles. The van der Waals surface area contributed by atoms with Gasteiger partial charge in [-0.15, -0.1) is 0 Å². The molecule has 32 heavy (non-hydrogen) atoms. The minimum atomic E-state index is -3.75. The third kappa shape index (κ3) is 6.38. The summed E-state index contributed by atoms with van der Waals surface area (Å²) in [6.45, 7) is 6.46. The zero-order chi connectivity index (χ0) is 23.1. The molecule has 2 aromatic carbocycles. The van der Waals surface area contributed by atoms with E-state index in [4.69, 9.17) is 4.74 Å². The monoisotopic (exact) mass is 459 g/mol. The van der Waals surface area contributed by atoms with Gasteiger partial charge in [-0.1, -0.05) is 24.3 Å². The normalized spacial score (nSPS) is 15.2. The average molecular weight is 460 g/mol. The molecule has 1 aliphatic rings. The Bertz CT molecular complexity index is 1030. The summed E-state index contributed by atoms with van der Waals surface area (Å²) < 4.78 is 32.5. The third-order valence-corrected chi connectivity index (χ3v) is 6.84. The van der Waals surface area contributed by atoms with Crippen molar-refractivity contribution >= 4 is 27.4 Å². The zero-order valence-electron chi connectivity index (χ0n) is 18.3.